The molecule has 0 spiro atoms. The summed E-state index contributed by atoms with van der Waals surface area (Å²) in [7, 11) is 0. The molecule has 0 aromatic carbocycles. The first-order chi connectivity index (χ1) is 11.3. The summed E-state index contributed by atoms with van der Waals surface area (Å²) >= 11 is 0. The molecule has 0 radical (unpaired) electrons. The van der Waals surface area contributed by atoms with Gasteiger partial charge in [-0.25, -0.2) is 4.79 Å². The number of ether oxygens (including phenoxy) is 2. The second-order valence-electron chi connectivity index (χ2n) is 7.57. The molecule has 0 bridgehead atoms. The fourth-order valence-electron chi connectivity index (χ4n) is 3.11. The molecular formula is C17H31N3O4. The fourth-order valence-corrected chi connectivity index (χ4v) is 3.11. The lowest BCUT2D eigenvalue weighted by atomic mass is 10.0. The first-order valence-electron chi connectivity index (χ1n) is 8.86. The van der Waals surface area contributed by atoms with Gasteiger partial charge in [0.2, 0.25) is 5.91 Å². The number of nitrogens with zero attached hydrogens (tertiary/aromatic N) is 2. The van der Waals surface area contributed by atoms with E-state index in [9.17, 15) is 9.59 Å². The summed E-state index contributed by atoms with van der Waals surface area (Å²) in [6.45, 7) is 11.8. The number of rotatable bonds is 3. The van der Waals surface area contributed by atoms with Crippen LogP contribution in [0.1, 0.15) is 40.5 Å². The molecule has 138 valence electrons. The molecule has 2 aliphatic heterocycles. The summed E-state index contributed by atoms with van der Waals surface area (Å²) in [4.78, 5) is 28.5. The maximum atomic E-state index is 12.6. The Morgan fingerprint density at radius 1 is 1.12 bits per heavy atom. The van der Waals surface area contributed by atoms with Crippen LogP contribution < -0.4 is 5.32 Å². The van der Waals surface area contributed by atoms with Crippen LogP contribution in [-0.2, 0) is 14.3 Å². The number of morpholine rings is 1. The summed E-state index contributed by atoms with van der Waals surface area (Å²) in [5, 5.41) is 2.93. The molecule has 2 rings (SSSR count). The van der Waals surface area contributed by atoms with Crippen molar-refractivity contribution < 1.29 is 19.1 Å². The standard InChI is InChI=1S/C17H31N3O4/c1-13(15(21)20-9-11-23-12-10-20)19-7-5-14(6-8-19)18-16(22)24-17(2,3)4/h13-14H,5-12H2,1-4H3,(H,18,22). The Morgan fingerprint density at radius 3 is 2.25 bits per heavy atom. The van der Waals surface area contributed by atoms with Gasteiger partial charge in [-0.2, -0.15) is 0 Å². The Labute approximate surface area is 144 Å². The zero-order chi connectivity index (χ0) is 17.7. The first-order valence-corrected chi connectivity index (χ1v) is 8.86. The SMILES string of the molecule is CC(C(=O)N1CCOCC1)N1CCC(NC(=O)OC(C)(C)C)CC1. The van der Waals surface area contributed by atoms with Gasteiger partial charge < -0.3 is 19.7 Å². The minimum atomic E-state index is -0.482. The molecule has 7 heteroatoms. The largest absolute Gasteiger partial charge is 0.444 e. The highest BCUT2D eigenvalue weighted by atomic mass is 16.6. The lowest BCUT2D eigenvalue weighted by molar-refractivity contribution is -0.141. The van der Waals surface area contributed by atoms with Crippen molar-refractivity contribution in [3.8, 4) is 0 Å². The number of piperidine rings is 1. The summed E-state index contributed by atoms with van der Waals surface area (Å²) < 4.78 is 10.6. The molecule has 0 aromatic heterocycles. The Kier molecular flexibility index (Phi) is 6.46. The Hall–Kier alpha value is -1.34. The first kappa shape index (κ1) is 19.0. The Bertz CT molecular complexity index is 436. The van der Waals surface area contributed by atoms with E-state index in [2.05, 4.69) is 10.2 Å². The van der Waals surface area contributed by atoms with Crippen molar-refractivity contribution >= 4 is 12.0 Å². The van der Waals surface area contributed by atoms with Crippen LogP contribution in [0.4, 0.5) is 4.79 Å². The van der Waals surface area contributed by atoms with Crippen LogP contribution in [0.5, 0.6) is 0 Å². The van der Waals surface area contributed by atoms with E-state index in [0.29, 0.717) is 26.3 Å². The average Bonchev–Trinajstić information content (AvgIpc) is 2.53. The predicted molar refractivity (Wildman–Crippen MR) is 90.8 cm³/mol. The van der Waals surface area contributed by atoms with Crippen molar-refractivity contribution in [3.05, 3.63) is 0 Å². The second kappa shape index (κ2) is 8.16. The van der Waals surface area contributed by atoms with E-state index in [1.807, 2.05) is 32.6 Å². The molecule has 1 N–H and O–H groups in total. The highest BCUT2D eigenvalue weighted by molar-refractivity contribution is 5.81. The number of amides is 2. The molecule has 0 saturated carbocycles. The number of hydrogen-bond acceptors (Lipinski definition) is 5. The number of carbonyl (C=O) groups excluding carboxylic acids is 2. The molecule has 2 aliphatic rings. The van der Waals surface area contributed by atoms with Gasteiger partial charge in [-0.3, -0.25) is 9.69 Å². The van der Waals surface area contributed by atoms with E-state index in [0.717, 1.165) is 25.9 Å². The number of carbonyl (C=O) groups is 2. The van der Waals surface area contributed by atoms with Crippen LogP contribution >= 0.6 is 0 Å². The van der Waals surface area contributed by atoms with Crippen LogP contribution in [0.3, 0.4) is 0 Å². The zero-order valence-electron chi connectivity index (χ0n) is 15.3. The predicted octanol–water partition coefficient (Wildman–Crippen LogP) is 1.22. The molecule has 0 aromatic rings. The minimum Gasteiger partial charge on any atom is -0.444 e. The van der Waals surface area contributed by atoms with E-state index < -0.39 is 5.60 Å². The van der Waals surface area contributed by atoms with Crippen LogP contribution in [0.2, 0.25) is 0 Å². The third-order valence-corrected chi connectivity index (χ3v) is 4.48. The number of hydrogen-bond donors (Lipinski definition) is 1. The van der Waals surface area contributed by atoms with Crippen molar-refractivity contribution in [1.82, 2.24) is 15.1 Å². The number of alkyl carbamates (subject to hydrolysis) is 1. The molecular weight excluding hydrogens is 310 g/mol. The van der Waals surface area contributed by atoms with Crippen molar-refractivity contribution in [2.75, 3.05) is 39.4 Å². The Morgan fingerprint density at radius 2 is 1.71 bits per heavy atom. The van der Waals surface area contributed by atoms with Crippen LogP contribution in [0.25, 0.3) is 0 Å². The highest BCUT2D eigenvalue weighted by Gasteiger charge is 2.31. The Balaban J connectivity index is 1.75. The van der Waals surface area contributed by atoms with Crippen molar-refractivity contribution in [1.29, 1.82) is 0 Å². The van der Waals surface area contributed by atoms with Crippen molar-refractivity contribution in [2.24, 2.45) is 0 Å². The maximum absolute atomic E-state index is 12.6. The van der Waals surface area contributed by atoms with E-state index in [-0.39, 0.29) is 24.1 Å². The van der Waals surface area contributed by atoms with Gasteiger partial charge in [0.1, 0.15) is 5.60 Å². The van der Waals surface area contributed by atoms with Crippen LogP contribution in [0.15, 0.2) is 0 Å². The molecule has 2 heterocycles. The smallest absolute Gasteiger partial charge is 0.407 e. The van der Waals surface area contributed by atoms with Gasteiger partial charge in [0.05, 0.1) is 19.3 Å². The molecule has 24 heavy (non-hydrogen) atoms. The molecule has 0 aliphatic carbocycles. The molecule has 1 atom stereocenters. The number of likely N-dealkylation sites (tertiary alicyclic amines) is 1. The third-order valence-electron chi connectivity index (χ3n) is 4.48. The van der Waals surface area contributed by atoms with Gasteiger partial charge in [-0.1, -0.05) is 0 Å². The fraction of sp³-hybridized carbons (Fsp3) is 0.882. The number of nitrogens with one attached hydrogen (secondary N) is 1. The summed E-state index contributed by atoms with van der Waals surface area (Å²) in [5.41, 5.74) is -0.482. The molecule has 1 unspecified atom stereocenters. The lowest BCUT2D eigenvalue weighted by Gasteiger charge is -2.38. The van der Waals surface area contributed by atoms with Gasteiger partial charge in [-0.05, 0) is 40.5 Å². The lowest BCUT2D eigenvalue weighted by Crippen LogP contribution is -2.54. The maximum Gasteiger partial charge on any atom is 0.407 e. The van der Waals surface area contributed by atoms with Gasteiger partial charge in [0, 0.05) is 32.2 Å². The molecule has 2 amide bonds. The molecule has 2 fully saturated rings. The van der Waals surface area contributed by atoms with Gasteiger partial charge >= 0.3 is 6.09 Å². The zero-order valence-corrected chi connectivity index (χ0v) is 15.3. The summed E-state index contributed by atoms with van der Waals surface area (Å²) in [6.07, 6.45) is 1.30. The summed E-state index contributed by atoms with van der Waals surface area (Å²) in [6, 6.07) is -0.00707. The average molecular weight is 341 g/mol. The van der Waals surface area contributed by atoms with E-state index >= 15 is 0 Å². The van der Waals surface area contributed by atoms with Gasteiger partial charge in [0.25, 0.3) is 0 Å². The van der Waals surface area contributed by atoms with Crippen LogP contribution in [-0.4, -0.2) is 78.9 Å². The topological polar surface area (TPSA) is 71.1 Å². The minimum absolute atomic E-state index is 0.113. The van der Waals surface area contributed by atoms with Crippen molar-refractivity contribution in [3.63, 3.8) is 0 Å². The molecule has 2 saturated heterocycles. The van der Waals surface area contributed by atoms with E-state index in [1.54, 1.807) is 0 Å². The summed E-state index contributed by atoms with van der Waals surface area (Å²) in [5.74, 6) is 0.178. The monoisotopic (exact) mass is 341 g/mol. The second-order valence-corrected chi connectivity index (χ2v) is 7.57. The highest BCUT2D eigenvalue weighted by Crippen LogP contribution is 2.16. The van der Waals surface area contributed by atoms with E-state index in [4.69, 9.17) is 9.47 Å². The molecule has 7 nitrogen and oxygen atoms in total. The van der Waals surface area contributed by atoms with Crippen molar-refractivity contribution in [2.45, 2.75) is 58.2 Å². The third kappa shape index (κ3) is 5.63. The van der Waals surface area contributed by atoms with Gasteiger partial charge in [0.15, 0.2) is 0 Å². The van der Waals surface area contributed by atoms with Crippen LogP contribution in [0, 0.1) is 0 Å². The quantitative estimate of drug-likeness (QED) is 0.836. The van der Waals surface area contributed by atoms with Gasteiger partial charge in [-0.15, -0.1) is 0 Å². The van der Waals surface area contributed by atoms with E-state index in [1.165, 1.54) is 0 Å². The normalized spacial score (nSPS) is 22.1.